The third-order valence-corrected chi connectivity index (χ3v) is 4.58. The summed E-state index contributed by atoms with van der Waals surface area (Å²) < 4.78 is 22.6. The van der Waals surface area contributed by atoms with Gasteiger partial charge >= 0.3 is 0 Å². The van der Waals surface area contributed by atoms with E-state index in [1.54, 1.807) is 18.9 Å². The van der Waals surface area contributed by atoms with Crippen LogP contribution in [0, 0.1) is 12.8 Å². The molecule has 0 aromatic carbocycles. The van der Waals surface area contributed by atoms with E-state index in [1.165, 1.54) is 6.07 Å². The first-order chi connectivity index (χ1) is 8.12. The standard InChI is InChI=1S/C11H18N2O3S2/c1-7(2)6-13(4)11(14)9-5-10(8(3)17-9)18(12,15)16/h5,7H,6H2,1-4H3,(H2,12,15,16). The average molecular weight is 290 g/mol. The van der Waals surface area contributed by atoms with Crippen molar-refractivity contribution in [3.05, 3.63) is 15.8 Å². The van der Waals surface area contributed by atoms with E-state index in [2.05, 4.69) is 0 Å². The SMILES string of the molecule is Cc1sc(C(=O)N(C)CC(C)C)cc1S(N)(=O)=O. The summed E-state index contributed by atoms with van der Waals surface area (Å²) in [6, 6.07) is 1.36. The summed E-state index contributed by atoms with van der Waals surface area (Å²) in [5.41, 5.74) is 0. The van der Waals surface area contributed by atoms with Gasteiger partial charge in [-0.05, 0) is 18.9 Å². The molecule has 1 aromatic heterocycles. The van der Waals surface area contributed by atoms with Crippen molar-refractivity contribution >= 4 is 27.3 Å². The van der Waals surface area contributed by atoms with Crippen LogP contribution in [-0.2, 0) is 10.0 Å². The second-order valence-corrected chi connectivity index (χ2v) is 7.44. The van der Waals surface area contributed by atoms with Crippen LogP contribution in [0.2, 0.25) is 0 Å². The number of nitrogens with zero attached hydrogens (tertiary/aromatic N) is 1. The molecule has 0 atom stereocenters. The molecule has 102 valence electrons. The monoisotopic (exact) mass is 290 g/mol. The van der Waals surface area contributed by atoms with Crippen LogP contribution in [0.4, 0.5) is 0 Å². The maximum Gasteiger partial charge on any atom is 0.263 e. The molecular weight excluding hydrogens is 272 g/mol. The Morgan fingerprint density at radius 3 is 2.44 bits per heavy atom. The summed E-state index contributed by atoms with van der Waals surface area (Å²) in [5.74, 6) is 0.185. The molecule has 0 unspecified atom stereocenters. The van der Waals surface area contributed by atoms with Gasteiger partial charge in [-0.1, -0.05) is 13.8 Å². The van der Waals surface area contributed by atoms with Gasteiger partial charge in [0.05, 0.1) is 9.77 Å². The van der Waals surface area contributed by atoms with E-state index >= 15 is 0 Å². The summed E-state index contributed by atoms with van der Waals surface area (Å²) in [6.07, 6.45) is 0. The van der Waals surface area contributed by atoms with Gasteiger partial charge in [0, 0.05) is 18.5 Å². The Labute approximate surface area is 112 Å². The lowest BCUT2D eigenvalue weighted by atomic mass is 10.2. The lowest BCUT2D eigenvalue weighted by Gasteiger charge is -2.18. The fourth-order valence-electron chi connectivity index (χ4n) is 1.67. The lowest BCUT2D eigenvalue weighted by molar-refractivity contribution is 0.0784. The third kappa shape index (κ3) is 3.54. The highest BCUT2D eigenvalue weighted by atomic mass is 32.2. The minimum Gasteiger partial charge on any atom is -0.341 e. The Bertz CT molecular complexity index is 547. The van der Waals surface area contributed by atoms with Crippen LogP contribution in [0.25, 0.3) is 0 Å². The lowest BCUT2D eigenvalue weighted by Crippen LogP contribution is -2.29. The van der Waals surface area contributed by atoms with Gasteiger partial charge in [0.1, 0.15) is 0 Å². The molecular formula is C11H18N2O3S2. The van der Waals surface area contributed by atoms with Gasteiger partial charge in [0.25, 0.3) is 5.91 Å². The number of hydrogen-bond donors (Lipinski definition) is 1. The first kappa shape index (κ1) is 15.1. The predicted molar refractivity (Wildman–Crippen MR) is 72.2 cm³/mol. The van der Waals surface area contributed by atoms with Crippen LogP contribution in [-0.4, -0.2) is 32.8 Å². The number of aryl methyl sites for hydroxylation is 1. The molecule has 0 saturated heterocycles. The Balaban J connectivity index is 3.02. The molecule has 1 aromatic rings. The van der Waals surface area contributed by atoms with Crippen molar-refractivity contribution in [2.75, 3.05) is 13.6 Å². The van der Waals surface area contributed by atoms with Crippen molar-refractivity contribution < 1.29 is 13.2 Å². The number of carbonyl (C=O) groups is 1. The number of carbonyl (C=O) groups excluding carboxylic acids is 1. The zero-order valence-corrected chi connectivity index (χ0v) is 12.6. The summed E-state index contributed by atoms with van der Waals surface area (Å²) in [5, 5.41) is 5.08. The number of sulfonamides is 1. The first-order valence-electron chi connectivity index (χ1n) is 5.51. The van der Waals surface area contributed by atoms with E-state index in [9.17, 15) is 13.2 Å². The van der Waals surface area contributed by atoms with Crippen LogP contribution in [0.15, 0.2) is 11.0 Å². The van der Waals surface area contributed by atoms with Crippen molar-refractivity contribution in [3.8, 4) is 0 Å². The topological polar surface area (TPSA) is 80.5 Å². The molecule has 1 amide bonds. The second kappa shape index (κ2) is 5.38. The molecule has 2 N–H and O–H groups in total. The molecule has 0 bridgehead atoms. The van der Waals surface area contributed by atoms with Crippen molar-refractivity contribution in [1.82, 2.24) is 4.90 Å². The van der Waals surface area contributed by atoms with Crippen LogP contribution >= 0.6 is 11.3 Å². The Kier molecular flexibility index (Phi) is 4.52. The van der Waals surface area contributed by atoms with Gasteiger partial charge in [0.2, 0.25) is 10.0 Å². The van der Waals surface area contributed by atoms with Crippen molar-refractivity contribution in [2.45, 2.75) is 25.7 Å². The maximum atomic E-state index is 12.1. The number of rotatable bonds is 4. The molecule has 0 aliphatic carbocycles. The van der Waals surface area contributed by atoms with Crippen LogP contribution in [0.3, 0.4) is 0 Å². The summed E-state index contributed by atoms with van der Waals surface area (Å²) in [7, 11) is -2.05. The normalized spacial score (nSPS) is 11.9. The number of primary sulfonamides is 1. The maximum absolute atomic E-state index is 12.1. The van der Waals surface area contributed by atoms with Crippen LogP contribution < -0.4 is 5.14 Å². The average Bonchev–Trinajstić information content (AvgIpc) is 2.57. The minimum atomic E-state index is -3.76. The predicted octanol–water partition coefficient (Wildman–Crippen LogP) is 1.43. The van der Waals surface area contributed by atoms with Gasteiger partial charge in [-0.15, -0.1) is 11.3 Å². The molecule has 1 heterocycles. The molecule has 0 fully saturated rings. The minimum absolute atomic E-state index is 0.0359. The molecule has 1 rings (SSSR count). The summed E-state index contributed by atoms with van der Waals surface area (Å²) in [6.45, 7) is 6.29. The van der Waals surface area contributed by atoms with Crippen LogP contribution in [0.1, 0.15) is 28.4 Å². The van der Waals surface area contributed by atoms with Gasteiger partial charge < -0.3 is 4.90 Å². The Morgan fingerprint density at radius 1 is 1.50 bits per heavy atom. The van der Waals surface area contributed by atoms with E-state index in [0.717, 1.165) is 11.3 Å². The summed E-state index contributed by atoms with van der Waals surface area (Å²) in [4.78, 5) is 14.6. The van der Waals surface area contributed by atoms with Crippen molar-refractivity contribution in [1.29, 1.82) is 0 Å². The molecule has 0 radical (unpaired) electrons. The fourth-order valence-corrected chi connectivity index (χ4v) is 3.81. The highest BCUT2D eigenvalue weighted by Gasteiger charge is 2.21. The summed E-state index contributed by atoms with van der Waals surface area (Å²) >= 11 is 1.15. The molecule has 0 aliphatic heterocycles. The number of nitrogens with two attached hydrogens (primary N) is 1. The highest BCUT2D eigenvalue weighted by Crippen LogP contribution is 2.25. The highest BCUT2D eigenvalue weighted by molar-refractivity contribution is 7.89. The molecule has 5 nitrogen and oxygen atoms in total. The molecule has 7 heteroatoms. The van der Waals surface area contributed by atoms with E-state index < -0.39 is 10.0 Å². The quantitative estimate of drug-likeness (QED) is 0.911. The number of thiophene rings is 1. The van der Waals surface area contributed by atoms with Gasteiger partial charge in [0.15, 0.2) is 0 Å². The van der Waals surface area contributed by atoms with Crippen molar-refractivity contribution in [2.24, 2.45) is 11.1 Å². The van der Waals surface area contributed by atoms with E-state index in [-0.39, 0.29) is 10.8 Å². The van der Waals surface area contributed by atoms with Crippen molar-refractivity contribution in [3.63, 3.8) is 0 Å². The molecule has 18 heavy (non-hydrogen) atoms. The fraction of sp³-hybridized carbons (Fsp3) is 0.545. The second-order valence-electron chi connectivity index (χ2n) is 4.66. The van der Waals surface area contributed by atoms with Gasteiger partial charge in [-0.25, -0.2) is 13.6 Å². The smallest absolute Gasteiger partial charge is 0.263 e. The van der Waals surface area contributed by atoms with Gasteiger partial charge in [-0.2, -0.15) is 0 Å². The first-order valence-corrected chi connectivity index (χ1v) is 7.88. The Hall–Kier alpha value is -0.920. The number of amides is 1. The molecule has 0 saturated carbocycles. The van der Waals surface area contributed by atoms with E-state index in [4.69, 9.17) is 5.14 Å². The zero-order valence-electron chi connectivity index (χ0n) is 10.9. The number of hydrogen-bond acceptors (Lipinski definition) is 4. The Morgan fingerprint density at radius 2 is 2.06 bits per heavy atom. The molecule has 0 spiro atoms. The zero-order chi connectivity index (χ0) is 14.1. The largest absolute Gasteiger partial charge is 0.341 e. The third-order valence-electron chi connectivity index (χ3n) is 2.38. The van der Waals surface area contributed by atoms with E-state index in [1.807, 2.05) is 13.8 Å². The van der Waals surface area contributed by atoms with E-state index in [0.29, 0.717) is 22.2 Å². The van der Waals surface area contributed by atoms with Gasteiger partial charge in [-0.3, -0.25) is 4.79 Å². The van der Waals surface area contributed by atoms with Crippen LogP contribution in [0.5, 0.6) is 0 Å². The molecule has 0 aliphatic rings.